The largest absolute Gasteiger partial charge is 0.314 e. The lowest BCUT2D eigenvalue weighted by Crippen LogP contribution is -2.24. The van der Waals surface area contributed by atoms with Crippen LogP contribution in [0.2, 0.25) is 0 Å². The van der Waals surface area contributed by atoms with Gasteiger partial charge in [-0.1, -0.05) is 0 Å². The van der Waals surface area contributed by atoms with Crippen LogP contribution in [0.3, 0.4) is 0 Å². The Bertz CT molecular complexity index is 270. The molecule has 6 nitrogen and oxygen atoms in total. The molecule has 12 heavy (non-hydrogen) atoms. The SMILES string of the molecule is CCONC(=O)c1ncn(C)n1. The summed E-state index contributed by atoms with van der Waals surface area (Å²) >= 11 is 0. The first kappa shape index (κ1) is 8.66. The molecule has 1 aromatic rings. The van der Waals surface area contributed by atoms with E-state index in [0.29, 0.717) is 6.61 Å². The van der Waals surface area contributed by atoms with E-state index in [4.69, 9.17) is 0 Å². The zero-order valence-corrected chi connectivity index (χ0v) is 6.94. The third kappa shape index (κ3) is 2.03. The van der Waals surface area contributed by atoms with Crippen LogP contribution in [0.25, 0.3) is 0 Å². The van der Waals surface area contributed by atoms with Gasteiger partial charge in [0, 0.05) is 7.05 Å². The van der Waals surface area contributed by atoms with E-state index in [-0.39, 0.29) is 5.82 Å². The van der Waals surface area contributed by atoms with Crippen molar-refractivity contribution >= 4 is 5.91 Å². The molecule has 66 valence electrons. The summed E-state index contributed by atoms with van der Waals surface area (Å²) in [5.74, 6) is -0.330. The number of carbonyl (C=O) groups excluding carboxylic acids is 1. The number of aromatic nitrogens is 3. The highest BCUT2D eigenvalue weighted by Crippen LogP contribution is 1.86. The summed E-state index contributed by atoms with van der Waals surface area (Å²) < 4.78 is 1.45. The second-order valence-corrected chi connectivity index (χ2v) is 2.11. The highest BCUT2D eigenvalue weighted by molar-refractivity contribution is 5.89. The van der Waals surface area contributed by atoms with Gasteiger partial charge in [0.05, 0.1) is 6.61 Å². The highest BCUT2D eigenvalue weighted by Gasteiger charge is 2.09. The van der Waals surface area contributed by atoms with Crippen molar-refractivity contribution < 1.29 is 9.63 Å². The lowest BCUT2D eigenvalue weighted by Gasteiger charge is -1.98. The van der Waals surface area contributed by atoms with Crippen molar-refractivity contribution in [2.75, 3.05) is 6.61 Å². The van der Waals surface area contributed by atoms with Gasteiger partial charge in [0.25, 0.3) is 0 Å². The van der Waals surface area contributed by atoms with E-state index in [0.717, 1.165) is 0 Å². The van der Waals surface area contributed by atoms with E-state index in [1.807, 2.05) is 0 Å². The summed E-state index contributed by atoms with van der Waals surface area (Å²) in [7, 11) is 1.68. The van der Waals surface area contributed by atoms with Crippen molar-refractivity contribution in [1.82, 2.24) is 20.2 Å². The Morgan fingerprint density at radius 1 is 1.83 bits per heavy atom. The molecule has 0 bridgehead atoms. The Balaban J connectivity index is 2.53. The molecule has 1 heterocycles. The van der Waals surface area contributed by atoms with Gasteiger partial charge in [-0.2, -0.15) is 0 Å². The lowest BCUT2D eigenvalue weighted by molar-refractivity contribution is 0.0355. The maximum Gasteiger partial charge on any atom is 0.314 e. The molecular formula is C6H10N4O2. The first-order valence-corrected chi connectivity index (χ1v) is 3.51. The van der Waals surface area contributed by atoms with Gasteiger partial charge in [0.1, 0.15) is 6.33 Å². The quantitative estimate of drug-likeness (QED) is 0.621. The molecule has 1 N–H and O–H groups in total. The van der Waals surface area contributed by atoms with Gasteiger partial charge >= 0.3 is 5.91 Å². The van der Waals surface area contributed by atoms with Crippen LogP contribution in [0, 0.1) is 0 Å². The van der Waals surface area contributed by atoms with Crippen LogP contribution in [0.15, 0.2) is 6.33 Å². The normalized spacial score (nSPS) is 9.83. The zero-order valence-electron chi connectivity index (χ0n) is 6.94. The zero-order chi connectivity index (χ0) is 8.97. The predicted molar refractivity (Wildman–Crippen MR) is 40.1 cm³/mol. The summed E-state index contributed by atoms with van der Waals surface area (Å²) in [6.07, 6.45) is 1.45. The van der Waals surface area contributed by atoms with Gasteiger partial charge < -0.3 is 0 Å². The summed E-state index contributed by atoms with van der Waals surface area (Å²) in [5, 5.41) is 3.78. The fraction of sp³-hybridized carbons (Fsp3) is 0.500. The first-order chi connectivity index (χ1) is 5.74. The Hall–Kier alpha value is -1.43. The number of carbonyl (C=O) groups is 1. The van der Waals surface area contributed by atoms with E-state index in [1.165, 1.54) is 11.0 Å². The van der Waals surface area contributed by atoms with Crippen molar-refractivity contribution in [3.05, 3.63) is 12.2 Å². The van der Waals surface area contributed by atoms with Gasteiger partial charge in [0.2, 0.25) is 5.82 Å². The summed E-state index contributed by atoms with van der Waals surface area (Å²) in [6.45, 7) is 2.19. The second-order valence-electron chi connectivity index (χ2n) is 2.11. The molecule has 0 atom stereocenters. The number of aryl methyl sites for hydroxylation is 1. The Kier molecular flexibility index (Phi) is 2.76. The number of hydroxylamine groups is 1. The van der Waals surface area contributed by atoms with Crippen LogP contribution < -0.4 is 5.48 Å². The third-order valence-corrected chi connectivity index (χ3v) is 1.11. The third-order valence-electron chi connectivity index (χ3n) is 1.11. The van der Waals surface area contributed by atoms with Crippen molar-refractivity contribution in [2.45, 2.75) is 6.92 Å². The molecule has 0 aliphatic carbocycles. The monoisotopic (exact) mass is 170 g/mol. The fourth-order valence-corrected chi connectivity index (χ4v) is 0.627. The average Bonchev–Trinajstić information content (AvgIpc) is 2.47. The minimum Gasteiger partial charge on any atom is -0.274 e. The van der Waals surface area contributed by atoms with Crippen LogP contribution >= 0.6 is 0 Å². The molecular weight excluding hydrogens is 160 g/mol. The summed E-state index contributed by atoms with van der Waals surface area (Å²) in [6, 6.07) is 0. The molecule has 6 heteroatoms. The minimum absolute atomic E-state index is 0.103. The molecule has 0 radical (unpaired) electrons. The molecule has 0 aliphatic rings. The molecule has 0 unspecified atom stereocenters. The predicted octanol–water partition coefficient (Wildman–Crippen LogP) is -0.504. The van der Waals surface area contributed by atoms with Crippen LogP contribution in [0.4, 0.5) is 0 Å². The molecule has 0 spiro atoms. The van der Waals surface area contributed by atoms with Crippen LogP contribution in [-0.2, 0) is 11.9 Å². The van der Waals surface area contributed by atoms with E-state index in [1.54, 1.807) is 14.0 Å². The average molecular weight is 170 g/mol. The molecule has 0 aliphatic heterocycles. The van der Waals surface area contributed by atoms with Crippen molar-refractivity contribution in [2.24, 2.45) is 7.05 Å². The number of amides is 1. The van der Waals surface area contributed by atoms with Gasteiger partial charge in [-0.3, -0.25) is 14.3 Å². The minimum atomic E-state index is -0.433. The smallest absolute Gasteiger partial charge is 0.274 e. The van der Waals surface area contributed by atoms with Crippen molar-refractivity contribution in [3.63, 3.8) is 0 Å². The van der Waals surface area contributed by atoms with Crippen molar-refractivity contribution in [3.8, 4) is 0 Å². The number of nitrogens with zero attached hydrogens (tertiary/aromatic N) is 3. The Labute approximate surface area is 69.5 Å². The van der Waals surface area contributed by atoms with E-state index in [9.17, 15) is 4.79 Å². The van der Waals surface area contributed by atoms with E-state index >= 15 is 0 Å². The summed E-state index contributed by atoms with van der Waals surface area (Å²) in [4.78, 5) is 19.4. The van der Waals surface area contributed by atoms with E-state index in [2.05, 4.69) is 20.4 Å². The molecule has 1 aromatic heterocycles. The number of rotatable bonds is 3. The molecule has 0 saturated carbocycles. The maximum atomic E-state index is 11.0. The fourth-order valence-electron chi connectivity index (χ4n) is 0.627. The topological polar surface area (TPSA) is 69.0 Å². The van der Waals surface area contributed by atoms with Gasteiger partial charge in [-0.25, -0.2) is 10.5 Å². The maximum absolute atomic E-state index is 11.0. The molecule has 0 saturated heterocycles. The van der Waals surface area contributed by atoms with Crippen molar-refractivity contribution in [1.29, 1.82) is 0 Å². The van der Waals surface area contributed by atoms with Gasteiger partial charge in [-0.05, 0) is 6.92 Å². The second kappa shape index (κ2) is 3.82. The number of nitrogens with one attached hydrogen (secondary N) is 1. The van der Waals surface area contributed by atoms with Gasteiger partial charge in [0.15, 0.2) is 0 Å². The highest BCUT2D eigenvalue weighted by atomic mass is 16.6. The Morgan fingerprint density at radius 3 is 3.08 bits per heavy atom. The molecule has 0 aromatic carbocycles. The number of hydrogen-bond acceptors (Lipinski definition) is 4. The first-order valence-electron chi connectivity index (χ1n) is 3.51. The van der Waals surface area contributed by atoms with Crippen LogP contribution in [-0.4, -0.2) is 27.3 Å². The standard InChI is InChI=1S/C6H10N4O2/c1-3-12-9-6(11)5-7-4-10(2)8-5/h4H,3H2,1-2H3,(H,9,11). The Morgan fingerprint density at radius 2 is 2.58 bits per heavy atom. The summed E-state index contributed by atoms with van der Waals surface area (Å²) in [5.41, 5.74) is 2.18. The lowest BCUT2D eigenvalue weighted by atomic mass is 10.6. The van der Waals surface area contributed by atoms with Gasteiger partial charge in [-0.15, -0.1) is 5.10 Å². The molecule has 1 rings (SSSR count). The van der Waals surface area contributed by atoms with E-state index < -0.39 is 5.91 Å². The van der Waals surface area contributed by atoms with Crippen LogP contribution in [0.1, 0.15) is 17.5 Å². The van der Waals surface area contributed by atoms with Crippen LogP contribution in [0.5, 0.6) is 0 Å². The molecule has 1 amide bonds. The number of hydrogen-bond donors (Lipinski definition) is 1. The molecule has 0 fully saturated rings.